The van der Waals surface area contributed by atoms with Gasteiger partial charge in [0.1, 0.15) is 12.2 Å². The summed E-state index contributed by atoms with van der Waals surface area (Å²) in [5.41, 5.74) is 0. The van der Waals surface area contributed by atoms with Crippen LogP contribution >= 0.6 is 0 Å². The van der Waals surface area contributed by atoms with Crippen LogP contribution in [0.4, 0.5) is 0 Å². The molecule has 4 aliphatic rings. The molecule has 2 saturated carbocycles. The standard InChI is InChI=1S/C19H32O4/c1-3-7-18(22-12-16-10-20-16)14(5-1)9-15-6-2-4-8-19(15)23-13-17-11-21-17/h14-19H,1-13H2. The fourth-order valence-corrected chi connectivity index (χ4v) is 4.50. The van der Waals surface area contributed by atoms with Gasteiger partial charge in [-0.1, -0.05) is 25.7 Å². The minimum absolute atomic E-state index is 0.391. The fraction of sp³-hybridized carbons (Fsp3) is 1.00. The summed E-state index contributed by atoms with van der Waals surface area (Å²) in [7, 11) is 0. The fourth-order valence-electron chi connectivity index (χ4n) is 4.50. The van der Waals surface area contributed by atoms with Crippen molar-refractivity contribution < 1.29 is 18.9 Å². The van der Waals surface area contributed by atoms with E-state index in [2.05, 4.69) is 0 Å². The number of ether oxygens (including phenoxy) is 4. The predicted molar refractivity (Wildman–Crippen MR) is 87.5 cm³/mol. The molecule has 6 unspecified atom stereocenters. The summed E-state index contributed by atoms with van der Waals surface area (Å²) in [5, 5.41) is 0. The van der Waals surface area contributed by atoms with E-state index in [4.69, 9.17) is 18.9 Å². The first kappa shape index (κ1) is 16.3. The SMILES string of the molecule is C1CCC(OCC2CO2)C(CC2CCCCC2OCC2CO2)C1. The van der Waals surface area contributed by atoms with Gasteiger partial charge in [-0.05, 0) is 43.9 Å². The zero-order valence-electron chi connectivity index (χ0n) is 14.3. The van der Waals surface area contributed by atoms with E-state index in [0.29, 0.717) is 24.4 Å². The van der Waals surface area contributed by atoms with E-state index < -0.39 is 0 Å². The van der Waals surface area contributed by atoms with Gasteiger partial charge >= 0.3 is 0 Å². The summed E-state index contributed by atoms with van der Waals surface area (Å²) in [6.45, 7) is 3.42. The van der Waals surface area contributed by atoms with Crippen LogP contribution in [0.15, 0.2) is 0 Å². The molecule has 23 heavy (non-hydrogen) atoms. The minimum atomic E-state index is 0.391. The Kier molecular flexibility index (Phi) is 5.54. The zero-order valence-corrected chi connectivity index (χ0v) is 14.3. The van der Waals surface area contributed by atoms with E-state index >= 15 is 0 Å². The van der Waals surface area contributed by atoms with Crippen LogP contribution < -0.4 is 0 Å². The van der Waals surface area contributed by atoms with Crippen LogP contribution in [0.2, 0.25) is 0 Å². The molecule has 6 atom stereocenters. The molecule has 0 aromatic heterocycles. The summed E-state index contributed by atoms with van der Waals surface area (Å²) in [5.74, 6) is 1.46. The third kappa shape index (κ3) is 4.91. The van der Waals surface area contributed by atoms with Crippen molar-refractivity contribution in [1.29, 1.82) is 0 Å². The number of hydrogen-bond donors (Lipinski definition) is 0. The van der Waals surface area contributed by atoms with Crippen molar-refractivity contribution in [3.63, 3.8) is 0 Å². The van der Waals surface area contributed by atoms with Crippen LogP contribution in [0.5, 0.6) is 0 Å². The Hall–Kier alpha value is -0.160. The van der Waals surface area contributed by atoms with Gasteiger partial charge in [0.25, 0.3) is 0 Å². The molecule has 4 nitrogen and oxygen atoms in total. The molecule has 0 aromatic rings. The Morgan fingerprint density at radius 2 is 1.09 bits per heavy atom. The quantitative estimate of drug-likeness (QED) is 0.642. The van der Waals surface area contributed by atoms with Gasteiger partial charge in [0, 0.05) is 0 Å². The largest absolute Gasteiger partial charge is 0.375 e. The molecular weight excluding hydrogens is 292 g/mol. The molecule has 4 heteroatoms. The Labute approximate surface area is 140 Å². The molecule has 2 saturated heterocycles. The van der Waals surface area contributed by atoms with Crippen LogP contribution in [0, 0.1) is 11.8 Å². The molecule has 0 N–H and O–H groups in total. The second-order valence-electron chi connectivity index (χ2n) is 7.98. The first-order chi connectivity index (χ1) is 11.4. The van der Waals surface area contributed by atoms with E-state index in [1.54, 1.807) is 0 Å². The van der Waals surface area contributed by atoms with Crippen molar-refractivity contribution in [2.75, 3.05) is 26.4 Å². The zero-order chi connectivity index (χ0) is 15.5. The van der Waals surface area contributed by atoms with Gasteiger partial charge in [0.2, 0.25) is 0 Å². The smallest absolute Gasteiger partial charge is 0.104 e. The molecule has 0 radical (unpaired) electrons. The highest BCUT2D eigenvalue weighted by Crippen LogP contribution is 2.38. The molecule has 4 fully saturated rings. The minimum Gasteiger partial charge on any atom is -0.375 e. The van der Waals surface area contributed by atoms with Gasteiger partial charge in [0.15, 0.2) is 0 Å². The van der Waals surface area contributed by atoms with Gasteiger partial charge < -0.3 is 18.9 Å². The highest BCUT2D eigenvalue weighted by molar-refractivity contribution is 4.85. The molecular formula is C19H32O4. The van der Waals surface area contributed by atoms with Crippen molar-refractivity contribution in [2.45, 2.75) is 82.2 Å². The Morgan fingerprint density at radius 3 is 1.52 bits per heavy atom. The molecule has 0 amide bonds. The molecule has 132 valence electrons. The predicted octanol–water partition coefficient (Wildman–Crippen LogP) is 3.32. The summed E-state index contributed by atoms with van der Waals surface area (Å²) >= 11 is 0. The third-order valence-corrected chi connectivity index (χ3v) is 6.08. The normalized spacial score (nSPS) is 43.3. The number of epoxide rings is 2. The maximum Gasteiger partial charge on any atom is 0.104 e. The van der Waals surface area contributed by atoms with Gasteiger partial charge in [-0.25, -0.2) is 0 Å². The van der Waals surface area contributed by atoms with Crippen LogP contribution in [-0.4, -0.2) is 50.8 Å². The summed E-state index contributed by atoms with van der Waals surface area (Å²) in [6, 6.07) is 0. The van der Waals surface area contributed by atoms with Crippen molar-refractivity contribution >= 4 is 0 Å². The van der Waals surface area contributed by atoms with Gasteiger partial charge in [-0.2, -0.15) is 0 Å². The maximum absolute atomic E-state index is 6.22. The highest BCUT2D eigenvalue weighted by atomic mass is 16.6. The van der Waals surface area contributed by atoms with Crippen LogP contribution in [-0.2, 0) is 18.9 Å². The topological polar surface area (TPSA) is 43.5 Å². The van der Waals surface area contributed by atoms with E-state index in [9.17, 15) is 0 Å². The maximum atomic E-state index is 6.22. The average Bonchev–Trinajstić information content (AvgIpc) is 3.48. The van der Waals surface area contributed by atoms with Crippen molar-refractivity contribution in [3.8, 4) is 0 Å². The lowest BCUT2D eigenvalue weighted by Crippen LogP contribution is -2.35. The second kappa shape index (κ2) is 7.81. The van der Waals surface area contributed by atoms with Gasteiger partial charge in [-0.15, -0.1) is 0 Å². The van der Waals surface area contributed by atoms with E-state index in [0.717, 1.165) is 38.3 Å². The molecule has 0 bridgehead atoms. The first-order valence-corrected chi connectivity index (χ1v) is 9.85. The lowest BCUT2D eigenvalue weighted by atomic mass is 9.75. The average molecular weight is 324 g/mol. The number of rotatable bonds is 8. The highest BCUT2D eigenvalue weighted by Gasteiger charge is 2.35. The molecule has 0 spiro atoms. The van der Waals surface area contributed by atoms with E-state index in [1.807, 2.05) is 0 Å². The first-order valence-electron chi connectivity index (χ1n) is 9.85. The Morgan fingerprint density at radius 1 is 0.652 bits per heavy atom. The van der Waals surface area contributed by atoms with Gasteiger partial charge in [-0.3, -0.25) is 0 Å². The monoisotopic (exact) mass is 324 g/mol. The Balaban J connectivity index is 1.28. The van der Waals surface area contributed by atoms with E-state index in [1.165, 1.54) is 57.8 Å². The van der Waals surface area contributed by atoms with Crippen molar-refractivity contribution in [1.82, 2.24) is 0 Å². The van der Waals surface area contributed by atoms with Gasteiger partial charge in [0.05, 0.1) is 38.6 Å². The van der Waals surface area contributed by atoms with Crippen molar-refractivity contribution in [3.05, 3.63) is 0 Å². The van der Waals surface area contributed by atoms with Crippen LogP contribution in [0.25, 0.3) is 0 Å². The Bertz CT molecular complexity index is 332. The molecule has 4 rings (SSSR count). The summed E-state index contributed by atoms with van der Waals surface area (Å²) in [4.78, 5) is 0. The number of hydrogen-bond acceptors (Lipinski definition) is 4. The van der Waals surface area contributed by atoms with Crippen LogP contribution in [0.3, 0.4) is 0 Å². The lowest BCUT2D eigenvalue weighted by molar-refractivity contribution is -0.0547. The molecule has 2 heterocycles. The summed E-state index contributed by atoms with van der Waals surface area (Å²) < 4.78 is 23.0. The van der Waals surface area contributed by atoms with E-state index in [-0.39, 0.29) is 0 Å². The van der Waals surface area contributed by atoms with Crippen molar-refractivity contribution in [2.24, 2.45) is 11.8 Å². The van der Waals surface area contributed by atoms with Crippen LogP contribution in [0.1, 0.15) is 57.8 Å². The molecule has 2 aliphatic carbocycles. The second-order valence-corrected chi connectivity index (χ2v) is 7.98. The molecule has 0 aromatic carbocycles. The summed E-state index contributed by atoms with van der Waals surface area (Å²) in [6.07, 6.45) is 13.6. The third-order valence-electron chi connectivity index (χ3n) is 6.08. The lowest BCUT2D eigenvalue weighted by Gasteiger charge is -2.38. The molecule has 2 aliphatic heterocycles.